The highest BCUT2D eigenvalue weighted by atomic mass is 35.5. The Balaban J connectivity index is 1.35. The highest BCUT2D eigenvalue weighted by Gasteiger charge is 2.28. The number of alkyl carbamates (subject to hydrolysis) is 1. The second-order valence-corrected chi connectivity index (χ2v) is 6.88. The SMILES string of the molecule is O=C(NCC#Cc1cnc(F)c(Cl)c1)OCC1c2ccccc2-c2ccccc21. The molecule has 4 nitrogen and oxygen atoms in total. The van der Waals surface area contributed by atoms with Crippen LogP contribution in [0.2, 0.25) is 5.02 Å². The predicted octanol–water partition coefficient (Wildman–Crippen LogP) is 4.76. The van der Waals surface area contributed by atoms with Crippen LogP contribution in [0, 0.1) is 17.8 Å². The Morgan fingerprint density at radius 1 is 1.14 bits per heavy atom. The lowest BCUT2D eigenvalue weighted by Gasteiger charge is -2.14. The zero-order chi connectivity index (χ0) is 20.2. The van der Waals surface area contributed by atoms with Gasteiger partial charge in [-0.2, -0.15) is 4.39 Å². The number of aromatic nitrogens is 1. The summed E-state index contributed by atoms with van der Waals surface area (Å²) in [5.74, 6) is 4.78. The Morgan fingerprint density at radius 3 is 2.45 bits per heavy atom. The van der Waals surface area contributed by atoms with Gasteiger partial charge in [-0.3, -0.25) is 0 Å². The normalized spacial score (nSPS) is 11.8. The van der Waals surface area contributed by atoms with Gasteiger partial charge in [0.05, 0.1) is 11.6 Å². The molecule has 2 aromatic carbocycles. The number of hydrogen-bond acceptors (Lipinski definition) is 3. The molecule has 0 saturated heterocycles. The highest BCUT2D eigenvalue weighted by Crippen LogP contribution is 2.44. The number of amides is 1. The number of pyridine rings is 1. The van der Waals surface area contributed by atoms with Crippen LogP contribution >= 0.6 is 11.6 Å². The van der Waals surface area contributed by atoms with E-state index < -0.39 is 12.0 Å². The molecule has 1 aliphatic carbocycles. The largest absolute Gasteiger partial charge is 0.449 e. The standard InChI is InChI=1S/C23H16ClFN2O2/c24-21-12-15(13-27-22(21)25)6-5-11-26-23(28)29-14-20-18-9-3-1-7-16(18)17-8-2-4-10-19(17)20/h1-4,7-10,12-13,20H,11,14H2,(H,26,28). The molecule has 1 heterocycles. The van der Waals surface area contributed by atoms with Gasteiger partial charge in [-0.1, -0.05) is 72.0 Å². The maximum atomic E-state index is 13.0. The second kappa shape index (κ2) is 8.34. The maximum Gasteiger partial charge on any atom is 0.407 e. The molecule has 1 aromatic heterocycles. The number of hydrogen-bond donors (Lipinski definition) is 1. The minimum atomic E-state index is -0.742. The first-order chi connectivity index (χ1) is 14.1. The lowest BCUT2D eigenvalue weighted by atomic mass is 9.98. The van der Waals surface area contributed by atoms with Crippen molar-refractivity contribution in [1.82, 2.24) is 10.3 Å². The van der Waals surface area contributed by atoms with E-state index in [2.05, 4.69) is 46.4 Å². The van der Waals surface area contributed by atoms with E-state index in [-0.39, 0.29) is 24.1 Å². The third-order valence-electron chi connectivity index (χ3n) is 4.69. The molecule has 0 radical (unpaired) electrons. The molecule has 0 atom stereocenters. The average molecular weight is 407 g/mol. The van der Waals surface area contributed by atoms with E-state index in [0.717, 1.165) is 11.1 Å². The summed E-state index contributed by atoms with van der Waals surface area (Å²) in [5, 5.41) is 2.49. The van der Waals surface area contributed by atoms with E-state index in [9.17, 15) is 9.18 Å². The third kappa shape index (κ3) is 4.08. The van der Waals surface area contributed by atoms with Crippen molar-refractivity contribution in [2.24, 2.45) is 0 Å². The van der Waals surface area contributed by atoms with Gasteiger partial charge in [-0.25, -0.2) is 9.78 Å². The van der Waals surface area contributed by atoms with Crippen LogP contribution in [0.15, 0.2) is 60.8 Å². The first kappa shape index (κ1) is 19.0. The summed E-state index contributed by atoms with van der Waals surface area (Å²) in [6, 6.07) is 17.7. The molecule has 0 saturated carbocycles. The molecular weight excluding hydrogens is 391 g/mol. The van der Waals surface area contributed by atoms with Crippen molar-refractivity contribution < 1.29 is 13.9 Å². The van der Waals surface area contributed by atoms with Crippen LogP contribution in [-0.2, 0) is 4.74 Å². The Kier molecular flexibility index (Phi) is 5.46. The van der Waals surface area contributed by atoms with Crippen LogP contribution in [-0.4, -0.2) is 24.2 Å². The van der Waals surface area contributed by atoms with Crippen LogP contribution in [0.25, 0.3) is 11.1 Å². The number of fused-ring (bicyclic) bond motifs is 3. The van der Waals surface area contributed by atoms with Gasteiger partial charge in [0.15, 0.2) is 0 Å². The summed E-state index contributed by atoms with van der Waals surface area (Å²) < 4.78 is 18.5. The van der Waals surface area contributed by atoms with Gasteiger partial charge in [0.1, 0.15) is 6.61 Å². The van der Waals surface area contributed by atoms with Gasteiger partial charge < -0.3 is 10.1 Å². The van der Waals surface area contributed by atoms with Gasteiger partial charge >= 0.3 is 6.09 Å². The molecule has 3 aromatic rings. The fraction of sp³-hybridized carbons (Fsp3) is 0.130. The summed E-state index contributed by atoms with van der Waals surface area (Å²) in [5.41, 5.74) is 5.12. The van der Waals surface area contributed by atoms with E-state index in [0.29, 0.717) is 5.56 Å². The zero-order valence-electron chi connectivity index (χ0n) is 15.3. The highest BCUT2D eigenvalue weighted by molar-refractivity contribution is 6.30. The summed E-state index contributed by atoms with van der Waals surface area (Å²) in [7, 11) is 0. The minimum Gasteiger partial charge on any atom is -0.449 e. The number of ether oxygens (including phenoxy) is 1. The van der Waals surface area contributed by atoms with Gasteiger partial charge in [-0.15, -0.1) is 0 Å². The number of nitrogens with zero attached hydrogens (tertiary/aromatic N) is 1. The van der Waals surface area contributed by atoms with Crippen molar-refractivity contribution in [1.29, 1.82) is 0 Å². The van der Waals surface area contributed by atoms with E-state index in [1.165, 1.54) is 23.4 Å². The molecule has 144 valence electrons. The second-order valence-electron chi connectivity index (χ2n) is 6.48. The number of carbonyl (C=O) groups is 1. The molecular formula is C23H16ClFN2O2. The molecule has 29 heavy (non-hydrogen) atoms. The van der Waals surface area contributed by atoms with E-state index in [4.69, 9.17) is 16.3 Å². The van der Waals surface area contributed by atoms with Gasteiger partial charge in [0.25, 0.3) is 0 Å². The Morgan fingerprint density at radius 2 is 1.79 bits per heavy atom. The zero-order valence-corrected chi connectivity index (χ0v) is 16.0. The first-order valence-electron chi connectivity index (χ1n) is 9.02. The van der Waals surface area contributed by atoms with Crippen molar-refractivity contribution in [2.75, 3.05) is 13.2 Å². The van der Waals surface area contributed by atoms with E-state index >= 15 is 0 Å². The minimum absolute atomic E-state index is 0.00617. The average Bonchev–Trinajstić information content (AvgIpc) is 3.06. The fourth-order valence-electron chi connectivity index (χ4n) is 3.40. The van der Waals surface area contributed by atoms with Crippen molar-refractivity contribution in [2.45, 2.75) is 5.92 Å². The van der Waals surface area contributed by atoms with Gasteiger partial charge in [0, 0.05) is 17.7 Å². The number of halogens is 2. The van der Waals surface area contributed by atoms with Crippen molar-refractivity contribution >= 4 is 17.7 Å². The van der Waals surface area contributed by atoms with Crippen molar-refractivity contribution in [3.63, 3.8) is 0 Å². The Hall–Kier alpha value is -3.36. The summed E-state index contributed by atoms with van der Waals surface area (Å²) in [6.45, 7) is 0.330. The Bertz CT molecular complexity index is 1090. The van der Waals surface area contributed by atoms with Crippen LogP contribution in [0.5, 0.6) is 0 Å². The molecule has 1 N–H and O–H groups in total. The van der Waals surface area contributed by atoms with Crippen LogP contribution in [0.1, 0.15) is 22.6 Å². The molecule has 0 bridgehead atoms. The van der Waals surface area contributed by atoms with E-state index in [1.54, 1.807) is 0 Å². The number of nitrogens with one attached hydrogen (secondary N) is 1. The molecule has 4 rings (SSSR count). The lowest BCUT2D eigenvalue weighted by molar-refractivity contribution is 0.144. The maximum absolute atomic E-state index is 13.0. The molecule has 0 spiro atoms. The smallest absolute Gasteiger partial charge is 0.407 e. The Labute approximate surface area is 172 Å². The van der Waals surface area contributed by atoms with Crippen molar-refractivity contribution in [3.8, 4) is 23.0 Å². The number of carbonyl (C=O) groups excluding carboxylic acids is 1. The third-order valence-corrected chi connectivity index (χ3v) is 4.96. The topological polar surface area (TPSA) is 51.2 Å². The predicted molar refractivity (Wildman–Crippen MR) is 109 cm³/mol. The lowest BCUT2D eigenvalue weighted by Crippen LogP contribution is -2.26. The molecule has 1 amide bonds. The van der Waals surface area contributed by atoms with Crippen LogP contribution in [0.4, 0.5) is 9.18 Å². The molecule has 0 fully saturated rings. The summed E-state index contributed by atoms with van der Waals surface area (Å²) in [6.07, 6.45) is 0.734. The summed E-state index contributed by atoms with van der Waals surface area (Å²) >= 11 is 5.66. The summed E-state index contributed by atoms with van der Waals surface area (Å²) in [4.78, 5) is 15.5. The molecule has 1 aliphatic rings. The van der Waals surface area contributed by atoms with Gasteiger partial charge in [0.2, 0.25) is 5.95 Å². The van der Waals surface area contributed by atoms with E-state index in [1.807, 2.05) is 24.3 Å². The quantitative estimate of drug-likeness (QED) is 0.503. The monoisotopic (exact) mass is 406 g/mol. The molecule has 6 heteroatoms. The van der Waals surface area contributed by atoms with Crippen LogP contribution in [0.3, 0.4) is 0 Å². The first-order valence-corrected chi connectivity index (χ1v) is 9.40. The number of benzene rings is 2. The van der Waals surface area contributed by atoms with Crippen LogP contribution < -0.4 is 5.32 Å². The molecule has 0 unspecified atom stereocenters. The van der Waals surface area contributed by atoms with Gasteiger partial charge in [-0.05, 0) is 28.3 Å². The number of rotatable bonds is 3. The molecule has 0 aliphatic heterocycles. The van der Waals surface area contributed by atoms with Crippen molar-refractivity contribution in [3.05, 3.63) is 88.5 Å². The fourth-order valence-corrected chi connectivity index (χ4v) is 3.57.